The molecule has 3 rings (SSSR count). The van der Waals surface area contributed by atoms with Crippen LogP contribution >= 0.6 is 11.3 Å². The van der Waals surface area contributed by atoms with Gasteiger partial charge in [0, 0.05) is 37.6 Å². The van der Waals surface area contributed by atoms with Crippen LogP contribution in [0.15, 0.2) is 41.8 Å². The van der Waals surface area contributed by atoms with E-state index < -0.39 is 10.0 Å². The van der Waals surface area contributed by atoms with Gasteiger partial charge in [-0.25, -0.2) is 8.42 Å². The van der Waals surface area contributed by atoms with Gasteiger partial charge in [-0.15, -0.1) is 11.3 Å². The minimum atomic E-state index is -3.13. The van der Waals surface area contributed by atoms with Crippen LogP contribution in [0.4, 0.5) is 11.4 Å². The Bertz CT molecular complexity index is 811. The minimum Gasteiger partial charge on any atom is -0.369 e. The number of piperazine rings is 1. The number of hydrogen-bond donors (Lipinski definition) is 1. The highest BCUT2D eigenvalue weighted by Crippen LogP contribution is 2.22. The van der Waals surface area contributed by atoms with Crippen LogP contribution in [-0.2, 0) is 10.0 Å². The molecule has 1 aliphatic heterocycles. The summed E-state index contributed by atoms with van der Waals surface area (Å²) in [4.78, 5) is 14.9. The number of nitrogens with one attached hydrogen (secondary N) is 1. The molecule has 1 saturated heterocycles. The van der Waals surface area contributed by atoms with E-state index in [9.17, 15) is 13.2 Å². The van der Waals surface area contributed by atoms with Gasteiger partial charge >= 0.3 is 0 Å². The lowest BCUT2D eigenvalue weighted by Gasteiger charge is -2.34. The van der Waals surface area contributed by atoms with Crippen LogP contribution in [0.25, 0.3) is 0 Å². The summed E-state index contributed by atoms with van der Waals surface area (Å²) in [5.41, 5.74) is 1.71. The molecule has 0 aliphatic carbocycles. The standard InChI is InChI=1S/C16H19N3O3S2/c1-24(21,22)19-9-7-18(8-10-19)14-5-2-4-13(12-14)17-16(20)15-6-3-11-23-15/h2-6,11-12H,7-10H2,1H3,(H,17,20). The SMILES string of the molecule is CS(=O)(=O)N1CCN(c2cccc(NC(=O)c3cccs3)c2)CC1. The zero-order valence-electron chi connectivity index (χ0n) is 13.3. The van der Waals surface area contributed by atoms with Crippen molar-refractivity contribution in [3.8, 4) is 0 Å². The van der Waals surface area contributed by atoms with Crippen LogP contribution < -0.4 is 10.2 Å². The van der Waals surface area contributed by atoms with E-state index in [-0.39, 0.29) is 5.91 Å². The molecule has 0 atom stereocenters. The molecular formula is C16H19N3O3S2. The second kappa shape index (κ2) is 6.92. The Balaban J connectivity index is 1.67. The Morgan fingerprint density at radius 2 is 1.88 bits per heavy atom. The molecule has 2 heterocycles. The van der Waals surface area contributed by atoms with Gasteiger partial charge in [-0.1, -0.05) is 12.1 Å². The summed E-state index contributed by atoms with van der Waals surface area (Å²) in [5, 5.41) is 4.76. The first-order valence-electron chi connectivity index (χ1n) is 7.58. The highest BCUT2D eigenvalue weighted by molar-refractivity contribution is 7.88. The first-order valence-corrected chi connectivity index (χ1v) is 10.3. The van der Waals surface area contributed by atoms with Crippen molar-refractivity contribution in [3.05, 3.63) is 46.7 Å². The Kier molecular flexibility index (Phi) is 4.88. The minimum absolute atomic E-state index is 0.121. The summed E-state index contributed by atoms with van der Waals surface area (Å²) in [6.07, 6.45) is 1.24. The van der Waals surface area contributed by atoms with Gasteiger partial charge in [0.05, 0.1) is 11.1 Å². The maximum Gasteiger partial charge on any atom is 0.265 e. The summed E-state index contributed by atoms with van der Waals surface area (Å²) < 4.78 is 24.6. The van der Waals surface area contributed by atoms with Crippen molar-refractivity contribution in [2.45, 2.75) is 0 Å². The molecule has 0 saturated carbocycles. The van der Waals surface area contributed by atoms with Crippen LogP contribution in [0.2, 0.25) is 0 Å². The molecule has 1 fully saturated rings. The second-order valence-electron chi connectivity index (χ2n) is 5.63. The number of amides is 1. The summed E-state index contributed by atoms with van der Waals surface area (Å²) in [6.45, 7) is 2.22. The summed E-state index contributed by atoms with van der Waals surface area (Å²) in [7, 11) is -3.13. The number of hydrogen-bond acceptors (Lipinski definition) is 5. The van der Waals surface area contributed by atoms with E-state index >= 15 is 0 Å². The Hall–Kier alpha value is -1.90. The Morgan fingerprint density at radius 1 is 1.12 bits per heavy atom. The van der Waals surface area contributed by atoms with E-state index in [1.165, 1.54) is 21.9 Å². The van der Waals surface area contributed by atoms with Crippen LogP contribution in [0.3, 0.4) is 0 Å². The zero-order chi connectivity index (χ0) is 17.2. The predicted molar refractivity (Wildman–Crippen MR) is 97.3 cm³/mol. The average Bonchev–Trinajstić information content (AvgIpc) is 3.09. The van der Waals surface area contributed by atoms with E-state index in [4.69, 9.17) is 0 Å². The van der Waals surface area contributed by atoms with Crippen molar-refractivity contribution in [2.75, 3.05) is 42.7 Å². The number of carbonyl (C=O) groups is 1. The van der Waals surface area contributed by atoms with E-state index in [0.29, 0.717) is 31.1 Å². The molecule has 128 valence electrons. The van der Waals surface area contributed by atoms with Gasteiger partial charge in [0.2, 0.25) is 10.0 Å². The lowest BCUT2D eigenvalue weighted by molar-refractivity contribution is 0.103. The molecule has 2 aromatic rings. The quantitative estimate of drug-likeness (QED) is 0.901. The largest absolute Gasteiger partial charge is 0.369 e. The van der Waals surface area contributed by atoms with Gasteiger partial charge in [-0.2, -0.15) is 4.31 Å². The lowest BCUT2D eigenvalue weighted by atomic mass is 10.2. The van der Waals surface area contributed by atoms with Crippen LogP contribution in [0.5, 0.6) is 0 Å². The molecule has 0 radical (unpaired) electrons. The van der Waals surface area contributed by atoms with Crippen molar-refractivity contribution in [1.82, 2.24) is 4.31 Å². The summed E-state index contributed by atoms with van der Waals surface area (Å²) in [5.74, 6) is -0.121. The van der Waals surface area contributed by atoms with Gasteiger partial charge < -0.3 is 10.2 Å². The van der Waals surface area contributed by atoms with Gasteiger partial charge in [0.15, 0.2) is 0 Å². The van der Waals surface area contributed by atoms with Crippen molar-refractivity contribution >= 4 is 38.6 Å². The Morgan fingerprint density at radius 3 is 2.50 bits per heavy atom. The zero-order valence-corrected chi connectivity index (χ0v) is 14.9. The molecule has 1 aromatic heterocycles. The molecule has 0 bridgehead atoms. The third-order valence-corrected chi connectivity index (χ3v) is 6.09. The molecule has 1 amide bonds. The highest BCUT2D eigenvalue weighted by Gasteiger charge is 2.23. The van der Waals surface area contributed by atoms with Gasteiger partial charge in [-0.05, 0) is 29.6 Å². The van der Waals surface area contributed by atoms with Crippen molar-refractivity contribution in [2.24, 2.45) is 0 Å². The fourth-order valence-electron chi connectivity index (χ4n) is 2.66. The molecule has 0 spiro atoms. The number of benzene rings is 1. The molecule has 1 N–H and O–H groups in total. The molecule has 0 unspecified atom stereocenters. The van der Waals surface area contributed by atoms with Crippen LogP contribution in [0, 0.1) is 0 Å². The molecule has 1 aromatic carbocycles. The van der Waals surface area contributed by atoms with Gasteiger partial charge in [0.25, 0.3) is 5.91 Å². The Labute approximate surface area is 145 Å². The number of carbonyl (C=O) groups excluding carboxylic acids is 1. The maximum atomic E-state index is 12.1. The number of nitrogens with zero attached hydrogens (tertiary/aromatic N) is 2. The summed E-state index contributed by atoms with van der Waals surface area (Å²) in [6, 6.07) is 11.3. The average molecular weight is 365 g/mol. The number of thiophene rings is 1. The second-order valence-corrected chi connectivity index (χ2v) is 8.56. The fourth-order valence-corrected chi connectivity index (χ4v) is 4.10. The highest BCUT2D eigenvalue weighted by atomic mass is 32.2. The topological polar surface area (TPSA) is 69.7 Å². The van der Waals surface area contributed by atoms with Crippen LogP contribution in [-0.4, -0.2) is 51.1 Å². The lowest BCUT2D eigenvalue weighted by Crippen LogP contribution is -2.48. The smallest absolute Gasteiger partial charge is 0.265 e. The first-order chi connectivity index (χ1) is 11.4. The normalized spacial score (nSPS) is 16.1. The van der Waals surface area contributed by atoms with Gasteiger partial charge in [-0.3, -0.25) is 4.79 Å². The van der Waals surface area contributed by atoms with Crippen molar-refractivity contribution in [3.63, 3.8) is 0 Å². The van der Waals surface area contributed by atoms with E-state index in [1.54, 1.807) is 6.07 Å². The van der Waals surface area contributed by atoms with Crippen LogP contribution in [0.1, 0.15) is 9.67 Å². The summed E-state index contributed by atoms with van der Waals surface area (Å²) >= 11 is 1.40. The number of rotatable bonds is 4. The van der Waals surface area contributed by atoms with E-state index in [1.807, 2.05) is 35.7 Å². The van der Waals surface area contributed by atoms with Gasteiger partial charge in [0.1, 0.15) is 0 Å². The number of anilines is 2. The molecule has 8 heteroatoms. The fraction of sp³-hybridized carbons (Fsp3) is 0.312. The first kappa shape index (κ1) is 16.9. The van der Waals surface area contributed by atoms with E-state index in [0.717, 1.165) is 11.4 Å². The molecule has 24 heavy (non-hydrogen) atoms. The molecule has 6 nitrogen and oxygen atoms in total. The maximum absolute atomic E-state index is 12.1. The predicted octanol–water partition coefficient (Wildman–Crippen LogP) is 2.08. The third-order valence-electron chi connectivity index (χ3n) is 3.92. The third kappa shape index (κ3) is 3.95. The molecular weight excluding hydrogens is 346 g/mol. The molecule has 1 aliphatic rings. The van der Waals surface area contributed by atoms with Crippen molar-refractivity contribution in [1.29, 1.82) is 0 Å². The van der Waals surface area contributed by atoms with E-state index in [2.05, 4.69) is 10.2 Å². The monoisotopic (exact) mass is 365 g/mol. The number of sulfonamides is 1. The van der Waals surface area contributed by atoms with Crippen molar-refractivity contribution < 1.29 is 13.2 Å².